The number of likely N-dealkylation sites (N-methyl/N-ethyl adjacent to an activating group) is 1. The Bertz CT molecular complexity index is 947. The molecule has 0 radical (unpaired) electrons. The first-order chi connectivity index (χ1) is 13.1. The highest BCUT2D eigenvalue weighted by atomic mass is 16.2. The molecule has 28 heavy (non-hydrogen) atoms. The Labute approximate surface area is 165 Å². The van der Waals surface area contributed by atoms with E-state index in [1.54, 1.807) is 7.05 Å². The Balaban J connectivity index is 2.28. The summed E-state index contributed by atoms with van der Waals surface area (Å²) in [6.07, 6.45) is 0. The van der Waals surface area contributed by atoms with E-state index < -0.39 is 28.8 Å². The molecule has 3 rings (SSSR count). The third-order valence-corrected chi connectivity index (χ3v) is 5.08. The molecule has 6 heteroatoms. The summed E-state index contributed by atoms with van der Waals surface area (Å²) < 4.78 is 0. The average Bonchev–Trinajstić information content (AvgIpc) is 2.77. The SMILES string of the molecule is CN1C(=O)C(N)(C(=O)[C@@H](N)C(C)(C)C)N=C(c2ccccc2)c2ccccc21. The summed E-state index contributed by atoms with van der Waals surface area (Å²) in [5.41, 5.74) is 12.6. The van der Waals surface area contributed by atoms with Gasteiger partial charge in [-0.25, -0.2) is 4.99 Å². The van der Waals surface area contributed by atoms with Gasteiger partial charge in [-0.2, -0.15) is 0 Å². The van der Waals surface area contributed by atoms with E-state index in [0.29, 0.717) is 11.4 Å². The number of aliphatic imine (C=N–C) groups is 1. The van der Waals surface area contributed by atoms with Crippen LogP contribution in [0.15, 0.2) is 59.6 Å². The first kappa shape index (κ1) is 19.9. The lowest BCUT2D eigenvalue weighted by Gasteiger charge is -2.33. The van der Waals surface area contributed by atoms with E-state index in [-0.39, 0.29) is 0 Å². The molecule has 0 spiro atoms. The van der Waals surface area contributed by atoms with Gasteiger partial charge in [0.2, 0.25) is 11.4 Å². The van der Waals surface area contributed by atoms with E-state index in [9.17, 15) is 9.59 Å². The van der Waals surface area contributed by atoms with Crippen molar-refractivity contribution in [3.8, 4) is 0 Å². The van der Waals surface area contributed by atoms with Crippen LogP contribution in [0.2, 0.25) is 0 Å². The first-order valence-corrected chi connectivity index (χ1v) is 9.19. The monoisotopic (exact) mass is 378 g/mol. The number of ketones is 1. The van der Waals surface area contributed by atoms with Gasteiger partial charge in [-0.1, -0.05) is 69.3 Å². The number of hydrogen-bond acceptors (Lipinski definition) is 5. The van der Waals surface area contributed by atoms with Gasteiger partial charge in [0.25, 0.3) is 5.91 Å². The van der Waals surface area contributed by atoms with Crippen molar-refractivity contribution in [1.82, 2.24) is 0 Å². The number of benzodiazepines with no additional fused rings is 1. The lowest BCUT2D eigenvalue weighted by atomic mass is 9.80. The van der Waals surface area contributed by atoms with Crippen molar-refractivity contribution in [1.29, 1.82) is 0 Å². The van der Waals surface area contributed by atoms with Crippen LogP contribution in [0.4, 0.5) is 5.69 Å². The normalized spacial score (nSPS) is 20.9. The maximum absolute atomic E-state index is 13.3. The number of carbonyl (C=O) groups excluding carboxylic acids is 2. The van der Waals surface area contributed by atoms with Crippen LogP contribution in [0.5, 0.6) is 0 Å². The highest BCUT2D eigenvalue weighted by Crippen LogP contribution is 2.32. The number of Topliss-reactive ketones (excluding diaryl/α,β-unsaturated/α-hetero) is 1. The van der Waals surface area contributed by atoms with Gasteiger partial charge in [0, 0.05) is 18.2 Å². The van der Waals surface area contributed by atoms with Gasteiger partial charge in [0.15, 0.2) is 0 Å². The molecule has 0 bridgehead atoms. The molecule has 0 saturated heterocycles. The Hall–Kier alpha value is -2.83. The second kappa shape index (κ2) is 6.96. The zero-order valence-corrected chi connectivity index (χ0v) is 16.6. The minimum absolute atomic E-state index is 0.492. The van der Waals surface area contributed by atoms with Gasteiger partial charge >= 0.3 is 0 Å². The van der Waals surface area contributed by atoms with Crippen LogP contribution >= 0.6 is 0 Å². The largest absolute Gasteiger partial charge is 0.321 e. The van der Waals surface area contributed by atoms with Crippen molar-refractivity contribution >= 4 is 23.1 Å². The predicted octanol–water partition coefficient (Wildman–Crippen LogP) is 2.10. The molecule has 1 aliphatic rings. The number of carbonyl (C=O) groups is 2. The van der Waals surface area contributed by atoms with E-state index in [4.69, 9.17) is 11.5 Å². The number of nitrogens with two attached hydrogens (primary N) is 2. The smallest absolute Gasteiger partial charge is 0.277 e. The molecule has 146 valence electrons. The van der Waals surface area contributed by atoms with Gasteiger partial charge in [-0.15, -0.1) is 0 Å². The molecule has 0 fully saturated rings. The minimum atomic E-state index is -2.11. The van der Waals surface area contributed by atoms with E-state index in [0.717, 1.165) is 11.1 Å². The van der Waals surface area contributed by atoms with E-state index >= 15 is 0 Å². The zero-order valence-electron chi connectivity index (χ0n) is 16.6. The average molecular weight is 378 g/mol. The number of amides is 1. The van der Waals surface area contributed by atoms with Crippen LogP contribution in [0.25, 0.3) is 0 Å². The zero-order chi connectivity index (χ0) is 20.7. The number of rotatable bonds is 3. The number of para-hydroxylation sites is 1. The molecule has 1 amide bonds. The van der Waals surface area contributed by atoms with Crippen LogP contribution in [0, 0.1) is 5.41 Å². The predicted molar refractivity (Wildman–Crippen MR) is 111 cm³/mol. The molecule has 2 atom stereocenters. The number of fused-ring (bicyclic) bond motifs is 1. The molecule has 1 unspecified atom stereocenters. The van der Waals surface area contributed by atoms with E-state index in [1.165, 1.54) is 4.90 Å². The van der Waals surface area contributed by atoms with Crippen LogP contribution < -0.4 is 16.4 Å². The Morgan fingerprint density at radius 2 is 1.64 bits per heavy atom. The van der Waals surface area contributed by atoms with Gasteiger partial charge in [-0.05, 0) is 11.5 Å². The van der Waals surface area contributed by atoms with Crippen LogP contribution in [-0.2, 0) is 9.59 Å². The van der Waals surface area contributed by atoms with Gasteiger partial charge in [-0.3, -0.25) is 15.3 Å². The fraction of sp³-hybridized carbons (Fsp3) is 0.318. The Morgan fingerprint density at radius 1 is 1.07 bits per heavy atom. The molecular weight excluding hydrogens is 352 g/mol. The third kappa shape index (κ3) is 3.25. The first-order valence-electron chi connectivity index (χ1n) is 9.19. The second-order valence-corrected chi connectivity index (χ2v) is 8.18. The second-order valence-electron chi connectivity index (χ2n) is 8.18. The van der Waals surface area contributed by atoms with Crippen molar-refractivity contribution < 1.29 is 9.59 Å². The van der Waals surface area contributed by atoms with Crippen molar-refractivity contribution in [2.75, 3.05) is 11.9 Å². The fourth-order valence-corrected chi connectivity index (χ4v) is 3.22. The summed E-state index contributed by atoms with van der Waals surface area (Å²) >= 11 is 0. The quantitative estimate of drug-likeness (QED) is 0.799. The highest BCUT2D eigenvalue weighted by molar-refractivity contribution is 6.26. The molecule has 0 aliphatic carbocycles. The number of nitrogens with zero attached hydrogens (tertiary/aromatic N) is 2. The Morgan fingerprint density at radius 3 is 2.25 bits per heavy atom. The minimum Gasteiger partial charge on any atom is -0.321 e. The van der Waals surface area contributed by atoms with Crippen LogP contribution in [-0.4, -0.2) is 36.2 Å². The molecule has 0 saturated carbocycles. The number of benzene rings is 2. The van der Waals surface area contributed by atoms with Gasteiger partial charge < -0.3 is 10.6 Å². The maximum atomic E-state index is 13.3. The molecule has 4 N–H and O–H groups in total. The number of hydrogen-bond donors (Lipinski definition) is 2. The summed E-state index contributed by atoms with van der Waals surface area (Å²) in [6, 6.07) is 15.8. The topological polar surface area (TPSA) is 102 Å². The molecule has 0 aromatic heterocycles. The summed E-state index contributed by atoms with van der Waals surface area (Å²) in [7, 11) is 1.60. The summed E-state index contributed by atoms with van der Waals surface area (Å²) in [6.45, 7) is 5.50. The molecule has 2 aromatic carbocycles. The number of anilines is 1. The van der Waals surface area contributed by atoms with E-state index in [1.807, 2.05) is 75.4 Å². The fourth-order valence-electron chi connectivity index (χ4n) is 3.22. The standard InChI is InChI=1S/C22H26N4O2/c1-21(2,3)18(23)19(27)22(24)20(28)26(4)16-13-9-8-12-15(16)17(25-22)14-10-6-5-7-11-14/h5-13,18H,23-24H2,1-4H3/t18-,22?/m1/s1. The van der Waals surface area contributed by atoms with Crippen molar-refractivity contribution in [3.05, 3.63) is 65.7 Å². The molecular formula is C22H26N4O2. The summed E-state index contributed by atoms with van der Waals surface area (Å²) in [5.74, 6) is -1.20. The highest BCUT2D eigenvalue weighted by Gasteiger charge is 2.50. The van der Waals surface area contributed by atoms with Crippen LogP contribution in [0.3, 0.4) is 0 Å². The summed E-state index contributed by atoms with van der Waals surface area (Å²) in [4.78, 5) is 32.5. The van der Waals surface area contributed by atoms with Crippen molar-refractivity contribution in [2.45, 2.75) is 32.5 Å². The lowest BCUT2D eigenvalue weighted by Crippen LogP contribution is -2.64. The van der Waals surface area contributed by atoms with Gasteiger partial charge in [0.05, 0.1) is 17.4 Å². The Kier molecular flexibility index (Phi) is 4.95. The summed E-state index contributed by atoms with van der Waals surface area (Å²) in [5, 5.41) is 0. The maximum Gasteiger partial charge on any atom is 0.277 e. The van der Waals surface area contributed by atoms with Crippen molar-refractivity contribution in [3.63, 3.8) is 0 Å². The molecule has 1 aliphatic heterocycles. The molecule has 6 nitrogen and oxygen atoms in total. The molecule has 2 aromatic rings. The van der Waals surface area contributed by atoms with Gasteiger partial charge in [0.1, 0.15) is 0 Å². The molecule has 1 heterocycles. The van der Waals surface area contributed by atoms with Crippen molar-refractivity contribution in [2.24, 2.45) is 21.9 Å². The van der Waals surface area contributed by atoms with E-state index in [2.05, 4.69) is 4.99 Å². The lowest BCUT2D eigenvalue weighted by molar-refractivity contribution is -0.136. The third-order valence-electron chi connectivity index (χ3n) is 5.08. The van der Waals surface area contributed by atoms with Crippen LogP contribution in [0.1, 0.15) is 31.9 Å².